The van der Waals surface area contributed by atoms with E-state index in [0.29, 0.717) is 6.04 Å². The molecule has 4 rings (SSSR count). The second-order valence-electron chi connectivity index (χ2n) is 7.30. The molecule has 2 aliphatic heterocycles. The lowest BCUT2D eigenvalue weighted by Gasteiger charge is -2.46. The normalized spacial score (nSPS) is 33.2. The van der Waals surface area contributed by atoms with Crippen LogP contribution in [0.25, 0.3) is 0 Å². The van der Waals surface area contributed by atoms with E-state index >= 15 is 0 Å². The largest absolute Gasteiger partial charge is 0.308 e. The van der Waals surface area contributed by atoms with Gasteiger partial charge in [0.1, 0.15) is 0 Å². The van der Waals surface area contributed by atoms with Crippen LogP contribution in [0.4, 0.5) is 0 Å². The summed E-state index contributed by atoms with van der Waals surface area (Å²) in [6.45, 7) is 3.65. The molecule has 1 saturated heterocycles. The third-order valence-corrected chi connectivity index (χ3v) is 5.98. The van der Waals surface area contributed by atoms with Crippen molar-refractivity contribution in [2.45, 2.75) is 63.6 Å². The number of hydrogen-bond acceptors (Lipinski definition) is 2. The van der Waals surface area contributed by atoms with Crippen molar-refractivity contribution in [1.29, 1.82) is 0 Å². The molecule has 1 saturated carbocycles. The second-order valence-corrected chi connectivity index (χ2v) is 7.30. The quantitative estimate of drug-likeness (QED) is 0.896. The van der Waals surface area contributed by atoms with Crippen LogP contribution < -0.4 is 5.32 Å². The molecule has 0 bridgehead atoms. The third kappa shape index (κ3) is 2.89. The summed E-state index contributed by atoms with van der Waals surface area (Å²) in [6.07, 6.45) is 10.00. The van der Waals surface area contributed by atoms with Gasteiger partial charge in [0.05, 0.1) is 0 Å². The third-order valence-electron chi connectivity index (χ3n) is 5.98. The van der Waals surface area contributed by atoms with Crippen LogP contribution in [-0.4, -0.2) is 30.1 Å². The number of likely N-dealkylation sites (tertiary alicyclic amines) is 1. The van der Waals surface area contributed by atoms with E-state index < -0.39 is 0 Å². The number of fused-ring (bicyclic) bond motifs is 2. The molecular formula is C19H28N2. The van der Waals surface area contributed by atoms with Crippen molar-refractivity contribution in [3.8, 4) is 0 Å². The minimum atomic E-state index is 0.653. The highest BCUT2D eigenvalue weighted by Gasteiger charge is 2.34. The van der Waals surface area contributed by atoms with Gasteiger partial charge in [-0.15, -0.1) is 0 Å². The van der Waals surface area contributed by atoms with Gasteiger partial charge in [-0.05, 0) is 55.7 Å². The van der Waals surface area contributed by atoms with Crippen LogP contribution in [0.5, 0.6) is 0 Å². The molecule has 1 aromatic carbocycles. The molecule has 1 aliphatic carbocycles. The molecule has 1 N–H and O–H groups in total. The fourth-order valence-electron chi connectivity index (χ4n) is 4.89. The molecule has 0 aromatic heterocycles. The van der Waals surface area contributed by atoms with Crippen molar-refractivity contribution < 1.29 is 0 Å². The first-order valence-electron chi connectivity index (χ1n) is 8.94. The lowest BCUT2D eigenvalue weighted by molar-refractivity contribution is 0.0521. The first-order valence-corrected chi connectivity index (χ1v) is 8.94. The minimum absolute atomic E-state index is 0.653. The summed E-state index contributed by atoms with van der Waals surface area (Å²) >= 11 is 0. The number of rotatable bonds is 2. The molecule has 2 fully saturated rings. The number of nitrogens with one attached hydrogen (secondary N) is 1. The van der Waals surface area contributed by atoms with Crippen molar-refractivity contribution in [3.63, 3.8) is 0 Å². The van der Waals surface area contributed by atoms with Gasteiger partial charge in [-0.1, -0.05) is 37.1 Å². The summed E-state index contributed by atoms with van der Waals surface area (Å²) in [5, 5.41) is 3.78. The van der Waals surface area contributed by atoms with Crippen molar-refractivity contribution in [2.24, 2.45) is 5.92 Å². The van der Waals surface area contributed by atoms with E-state index in [1.807, 2.05) is 0 Å². The van der Waals surface area contributed by atoms with Gasteiger partial charge in [0, 0.05) is 25.2 Å². The van der Waals surface area contributed by atoms with Gasteiger partial charge < -0.3 is 5.32 Å². The number of hydrogen-bond donors (Lipinski definition) is 1. The summed E-state index contributed by atoms with van der Waals surface area (Å²) in [6, 6.07) is 10.5. The van der Waals surface area contributed by atoms with Crippen LogP contribution in [-0.2, 0) is 13.0 Å². The minimum Gasteiger partial charge on any atom is -0.308 e. The second kappa shape index (κ2) is 6.10. The highest BCUT2D eigenvalue weighted by molar-refractivity contribution is 5.30. The Morgan fingerprint density at radius 1 is 1.00 bits per heavy atom. The van der Waals surface area contributed by atoms with Gasteiger partial charge in [-0.2, -0.15) is 0 Å². The molecule has 114 valence electrons. The van der Waals surface area contributed by atoms with Crippen molar-refractivity contribution >= 4 is 0 Å². The summed E-state index contributed by atoms with van der Waals surface area (Å²) in [5.41, 5.74) is 3.07. The van der Waals surface area contributed by atoms with Crippen LogP contribution in [0.1, 0.15) is 49.7 Å². The molecular weight excluding hydrogens is 256 g/mol. The van der Waals surface area contributed by atoms with E-state index in [4.69, 9.17) is 0 Å². The van der Waals surface area contributed by atoms with E-state index in [1.54, 1.807) is 5.56 Å². The fourth-order valence-corrected chi connectivity index (χ4v) is 4.89. The fraction of sp³-hybridized carbons (Fsp3) is 0.684. The molecule has 2 nitrogen and oxygen atoms in total. The highest BCUT2D eigenvalue weighted by Crippen LogP contribution is 2.35. The summed E-state index contributed by atoms with van der Waals surface area (Å²) < 4.78 is 0. The monoisotopic (exact) mass is 284 g/mol. The Hall–Kier alpha value is -0.860. The molecule has 1 aromatic rings. The van der Waals surface area contributed by atoms with Crippen LogP contribution in [0.15, 0.2) is 24.3 Å². The molecule has 0 amide bonds. The van der Waals surface area contributed by atoms with Gasteiger partial charge in [-0.3, -0.25) is 4.90 Å². The number of piperidine rings is 1. The SMILES string of the molecule is c1ccc2c(c1)CNC(CN1CCC[C@H]3CCCC[C@H]31)C2. The predicted octanol–water partition coefficient (Wildman–Crippen LogP) is 3.36. The maximum Gasteiger partial charge on any atom is 0.0238 e. The molecule has 1 unspecified atom stereocenters. The average Bonchev–Trinajstić information content (AvgIpc) is 2.55. The molecule has 2 heteroatoms. The van der Waals surface area contributed by atoms with Gasteiger partial charge in [-0.25, -0.2) is 0 Å². The van der Waals surface area contributed by atoms with Crippen LogP contribution in [0.3, 0.4) is 0 Å². The summed E-state index contributed by atoms with van der Waals surface area (Å²) in [4.78, 5) is 2.83. The Labute approximate surface area is 128 Å². The van der Waals surface area contributed by atoms with Crippen LogP contribution in [0.2, 0.25) is 0 Å². The van der Waals surface area contributed by atoms with Gasteiger partial charge in [0.25, 0.3) is 0 Å². The van der Waals surface area contributed by atoms with Crippen molar-refractivity contribution in [1.82, 2.24) is 10.2 Å². The molecule has 3 atom stereocenters. The molecule has 21 heavy (non-hydrogen) atoms. The Balaban J connectivity index is 1.42. The molecule has 3 aliphatic rings. The maximum atomic E-state index is 3.78. The summed E-state index contributed by atoms with van der Waals surface area (Å²) in [5.74, 6) is 1.00. The lowest BCUT2D eigenvalue weighted by atomic mass is 9.78. The van der Waals surface area contributed by atoms with E-state index in [9.17, 15) is 0 Å². The van der Waals surface area contributed by atoms with E-state index in [0.717, 1.165) is 18.5 Å². The van der Waals surface area contributed by atoms with E-state index in [-0.39, 0.29) is 0 Å². The molecule has 0 radical (unpaired) electrons. The van der Waals surface area contributed by atoms with Crippen LogP contribution in [0, 0.1) is 5.92 Å². The Bertz CT molecular complexity index is 482. The van der Waals surface area contributed by atoms with E-state index in [2.05, 4.69) is 34.5 Å². The molecule has 2 heterocycles. The first kappa shape index (κ1) is 13.8. The zero-order valence-corrected chi connectivity index (χ0v) is 13.1. The lowest BCUT2D eigenvalue weighted by Crippen LogP contribution is -2.53. The zero-order chi connectivity index (χ0) is 14.1. The highest BCUT2D eigenvalue weighted by atomic mass is 15.2. The first-order chi connectivity index (χ1) is 10.4. The predicted molar refractivity (Wildman–Crippen MR) is 87.3 cm³/mol. The maximum absolute atomic E-state index is 3.78. The van der Waals surface area contributed by atoms with Crippen molar-refractivity contribution in [2.75, 3.05) is 13.1 Å². The molecule has 0 spiro atoms. The Morgan fingerprint density at radius 3 is 2.76 bits per heavy atom. The van der Waals surface area contributed by atoms with Gasteiger partial charge >= 0.3 is 0 Å². The van der Waals surface area contributed by atoms with Gasteiger partial charge in [0.15, 0.2) is 0 Å². The van der Waals surface area contributed by atoms with Gasteiger partial charge in [0.2, 0.25) is 0 Å². The zero-order valence-electron chi connectivity index (χ0n) is 13.1. The Morgan fingerprint density at radius 2 is 1.81 bits per heavy atom. The smallest absolute Gasteiger partial charge is 0.0238 e. The standard InChI is InChI=1S/C19H28N2/c1-2-8-17-13-20-18(12-16(17)7-1)14-21-11-5-9-15-6-3-4-10-19(15)21/h1-2,7-8,15,18-20H,3-6,9-14H2/t15-,18?,19-/m1/s1. The summed E-state index contributed by atoms with van der Waals surface area (Å²) in [7, 11) is 0. The Kier molecular flexibility index (Phi) is 4.00. The van der Waals surface area contributed by atoms with E-state index in [1.165, 1.54) is 63.6 Å². The number of nitrogens with zero attached hydrogens (tertiary/aromatic N) is 1. The van der Waals surface area contributed by atoms with Crippen molar-refractivity contribution in [3.05, 3.63) is 35.4 Å². The number of benzene rings is 1. The average molecular weight is 284 g/mol. The topological polar surface area (TPSA) is 15.3 Å². The van der Waals surface area contributed by atoms with Crippen LogP contribution >= 0.6 is 0 Å².